The van der Waals surface area contributed by atoms with Crippen LogP contribution in [0.2, 0.25) is 5.02 Å². The number of amides is 2. The smallest absolute Gasteiger partial charge is 0.282 e. The molecule has 6 heteroatoms. The summed E-state index contributed by atoms with van der Waals surface area (Å²) < 4.78 is 0. The molecule has 1 aliphatic heterocycles. The van der Waals surface area contributed by atoms with Gasteiger partial charge in [-0.15, -0.1) is 11.3 Å². The van der Waals surface area contributed by atoms with Gasteiger partial charge < -0.3 is 4.90 Å². The number of aryl methyl sites for hydroxylation is 1. The molecule has 0 unspecified atom stereocenters. The largest absolute Gasteiger partial charge is 0.339 e. The van der Waals surface area contributed by atoms with Gasteiger partial charge >= 0.3 is 0 Å². The highest BCUT2D eigenvalue weighted by Crippen LogP contribution is 2.38. The van der Waals surface area contributed by atoms with Gasteiger partial charge in [0.05, 0.1) is 11.3 Å². The Morgan fingerprint density at radius 2 is 1.71 bits per heavy atom. The van der Waals surface area contributed by atoms with Gasteiger partial charge in [-0.05, 0) is 54.3 Å². The summed E-state index contributed by atoms with van der Waals surface area (Å²) >= 11 is 7.50. The summed E-state index contributed by atoms with van der Waals surface area (Å²) in [6.45, 7) is 1.84. The maximum absolute atomic E-state index is 13.5. The van der Waals surface area contributed by atoms with Crippen molar-refractivity contribution in [2.75, 3.05) is 16.8 Å². The lowest BCUT2D eigenvalue weighted by Crippen LogP contribution is -2.34. The molecule has 0 atom stereocenters. The SMILES string of the molecule is Cc1cc(Cl)ccc1N1C(=O)C(c2cccs2)=C(N(C)c2ccccc2)C1=O. The molecular weight excluding hydrogens is 392 g/mol. The highest BCUT2D eigenvalue weighted by Gasteiger charge is 2.42. The standard InChI is InChI=1S/C22H17ClN2O2S/c1-14-13-15(23)10-11-17(14)25-21(26)19(18-9-6-12-28-18)20(22(25)27)24(2)16-7-4-3-5-8-16/h3-13H,1-2H3. The van der Waals surface area contributed by atoms with E-state index in [1.807, 2.05) is 61.8 Å². The first-order valence-electron chi connectivity index (χ1n) is 8.71. The molecule has 0 fully saturated rings. The fourth-order valence-electron chi connectivity index (χ4n) is 3.34. The molecule has 0 radical (unpaired) electrons. The average molecular weight is 409 g/mol. The Hall–Kier alpha value is -2.89. The number of halogens is 1. The third kappa shape index (κ3) is 3.03. The van der Waals surface area contributed by atoms with Crippen molar-refractivity contribution in [2.24, 2.45) is 0 Å². The maximum Gasteiger partial charge on any atom is 0.282 e. The number of anilines is 2. The lowest BCUT2D eigenvalue weighted by Gasteiger charge is -2.22. The maximum atomic E-state index is 13.5. The number of hydrogen-bond donors (Lipinski definition) is 0. The topological polar surface area (TPSA) is 40.6 Å². The van der Waals surface area contributed by atoms with E-state index in [1.165, 1.54) is 16.2 Å². The van der Waals surface area contributed by atoms with Crippen molar-refractivity contribution in [3.63, 3.8) is 0 Å². The van der Waals surface area contributed by atoms with Gasteiger partial charge in [0.15, 0.2) is 0 Å². The van der Waals surface area contributed by atoms with Crippen molar-refractivity contribution in [3.05, 3.63) is 87.2 Å². The fraction of sp³-hybridized carbons (Fsp3) is 0.0909. The van der Waals surface area contributed by atoms with Gasteiger partial charge in [0.1, 0.15) is 5.70 Å². The molecule has 0 bridgehead atoms. The number of carbonyl (C=O) groups excluding carboxylic acids is 2. The van der Waals surface area contributed by atoms with Crippen LogP contribution in [0.15, 0.2) is 71.7 Å². The molecule has 4 nitrogen and oxygen atoms in total. The molecule has 0 spiro atoms. The Bertz CT molecular complexity index is 1090. The van der Waals surface area contributed by atoms with Crippen molar-refractivity contribution < 1.29 is 9.59 Å². The summed E-state index contributed by atoms with van der Waals surface area (Å²) in [5, 5.41) is 2.46. The monoisotopic (exact) mass is 408 g/mol. The van der Waals surface area contributed by atoms with E-state index in [0.29, 0.717) is 22.0 Å². The lowest BCUT2D eigenvalue weighted by atomic mass is 10.1. The van der Waals surface area contributed by atoms with E-state index >= 15 is 0 Å². The number of carbonyl (C=O) groups is 2. The highest BCUT2D eigenvalue weighted by molar-refractivity contribution is 7.11. The Morgan fingerprint density at radius 1 is 0.964 bits per heavy atom. The summed E-state index contributed by atoms with van der Waals surface area (Å²) in [7, 11) is 1.81. The van der Waals surface area contributed by atoms with Crippen molar-refractivity contribution in [1.29, 1.82) is 0 Å². The number of nitrogens with zero attached hydrogens (tertiary/aromatic N) is 2. The van der Waals surface area contributed by atoms with E-state index in [0.717, 1.165) is 16.1 Å². The fourth-order valence-corrected chi connectivity index (χ4v) is 4.33. The number of imide groups is 1. The van der Waals surface area contributed by atoms with Crippen LogP contribution in [0.3, 0.4) is 0 Å². The first-order chi connectivity index (χ1) is 13.5. The van der Waals surface area contributed by atoms with Crippen LogP contribution >= 0.6 is 22.9 Å². The van der Waals surface area contributed by atoms with E-state index in [4.69, 9.17) is 11.6 Å². The molecule has 4 rings (SSSR count). The predicted octanol–water partition coefficient (Wildman–Crippen LogP) is 5.13. The molecular formula is C22H17ClN2O2S. The molecule has 3 aromatic rings. The van der Waals surface area contributed by atoms with Crippen molar-refractivity contribution >= 4 is 51.7 Å². The van der Waals surface area contributed by atoms with Gasteiger partial charge in [-0.25, -0.2) is 4.90 Å². The number of benzene rings is 2. The average Bonchev–Trinajstić information content (AvgIpc) is 3.29. The molecule has 2 amide bonds. The normalized spacial score (nSPS) is 14.2. The molecule has 0 aliphatic carbocycles. The van der Waals surface area contributed by atoms with E-state index in [2.05, 4.69) is 0 Å². The molecule has 2 heterocycles. The molecule has 1 aromatic heterocycles. The minimum Gasteiger partial charge on any atom is -0.339 e. The molecule has 0 saturated carbocycles. The van der Waals surface area contributed by atoms with Crippen LogP contribution in [0.1, 0.15) is 10.4 Å². The minimum absolute atomic E-state index is 0.323. The van der Waals surface area contributed by atoms with E-state index in [1.54, 1.807) is 23.1 Å². The van der Waals surface area contributed by atoms with Crippen LogP contribution in [-0.2, 0) is 9.59 Å². The first kappa shape index (κ1) is 18.5. The summed E-state index contributed by atoms with van der Waals surface area (Å²) in [5.74, 6) is -0.666. The minimum atomic E-state index is -0.342. The predicted molar refractivity (Wildman–Crippen MR) is 115 cm³/mol. The van der Waals surface area contributed by atoms with Gasteiger partial charge in [-0.1, -0.05) is 35.9 Å². The zero-order valence-electron chi connectivity index (χ0n) is 15.3. The van der Waals surface area contributed by atoms with Gasteiger partial charge in [0.25, 0.3) is 11.8 Å². The van der Waals surface area contributed by atoms with Crippen molar-refractivity contribution in [2.45, 2.75) is 6.92 Å². The second kappa shape index (κ2) is 7.26. The summed E-state index contributed by atoms with van der Waals surface area (Å²) in [6, 6.07) is 18.4. The van der Waals surface area contributed by atoms with Crippen LogP contribution in [0.25, 0.3) is 5.57 Å². The number of thiophene rings is 1. The van der Waals surface area contributed by atoms with Crippen molar-refractivity contribution in [1.82, 2.24) is 0 Å². The van der Waals surface area contributed by atoms with Crippen molar-refractivity contribution in [3.8, 4) is 0 Å². The molecule has 2 aromatic carbocycles. The number of likely N-dealkylation sites (N-methyl/N-ethyl adjacent to an activating group) is 1. The molecule has 1 aliphatic rings. The second-order valence-corrected chi connectivity index (χ2v) is 7.86. The highest BCUT2D eigenvalue weighted by atomic mass is 35.5. The third-order valence-corrected chi connectivity index (χ3v) is 5.83. The molecule has 28 heavy (non-hydrogen) atoms. The number of para-hydroxylation sites is 1. The zero-order chi connectivity index (χ0) is 19.8. The molecule has 140 valence electrons. The van der Waals surface area contributed by atoms with Crippen LogP contribution in [-0.4, -0.2) is 18.9 Å². The van der Waals surface area contributed by atoms with Gasteiger partial charge in [0, 0.05) is 22.6 Å². The van der Waals surface area contributed by atoms with Crippen LogP contribution < -0.4 is 9.80 Å². The summed E-state index contributed by atoms with van der Waals surface area (Å²) in [6.07, 6.45) is 0. The Kier molecular flexibility index (Phi) is 4.79. The summed E-state index contributed by atoms with van der Waals surface area (Å²) in [4.78, 5) is 30.6. The van der Waals surface area contributed by atoms with Gasteiger partial charge in [0.2, 0.25) is 0 Å². The van der Waals surface area contributed by atoms with E-state index in [9.17, 15) is 9.59 Å². The first-order valence-corrected chi connectivity index (χ1v) is 9.96. The Labute approximate surface area is 172 Å². The quantitative estimate of drug-likeness (QED) is 0.562. The zero-order valence-corrected chi connectivity index (χ0v) is 16.9. The Morgan fingerprint density at radius 3 is 2.36 bits per heavy atom. The third-order valence-electron chi connectivity index (χ3n) is 4.71. The second-order valence-electron chi connectivity index (χ2n) is 6.47. The van der Waals surface area contributed by atoms with Gasteiger partial charge in [-0.2, -0.15) is 0 Å². The number of rotatable bonds is 4. The van der Waals surface area contributed by atoms with Crippen LogP contribution in [0, 0.1) is 6.92 Å². The Balaban J connectivity index is 1.87. The number of hydrogen-bond acceptors (Lipinski definition) is 4. The van der Waals surface area contributed by atoms with Gasteiger partial charge in [-0.3, -0.25) is 9.59 Å². The summed E-state index contributed by atoms with van der Waals surface area (Å²) in [5.41, 5.74) is 2.93. The lowest BCUT2D eigenvalue weighted by molar-refractivity contribution is -0.120. The van der Waals surface area contributed by atoms with E-state index in [-0.39, 0.29) is 11.8 Å². The van der Waals surface area contributed by atoms with Crippen LogP contribution in [0.5, 0.6) is 0 Å². The molecule has 0 saturated heterocycles. The van der Waals surface area contributed by atoms with E-state index < -0.39 is 0 Å². The molecule has 0 N–H and O–H groups in total. The van der Waals surface area contributed by atoms with Crippen LogP contribution in [0.4, 0.5) is 11.4 Å².